The first-order valence-corrected chi connectivity index (χ1v) is 7.33. The number of fused-ring (bicyclic) bond motifs is 1. The van der Waals surface area contributed by atoms with E-state index in [1.807, 2.05) is 0 Å². The summed E-state index contributed by atoms with van der Waals surface area (Å²) < 4.78 is 70.1. The van der Waals surface area contributed by atoms with Crippen LogP contribution in [0.25, 0.3) is 10.9 Å². The average molecular weight is 358 g/mol. The van der Waals surface area contributed by atoms with Gasteiger partial charge < -0.3 is 4.55 Å². The topological polar surface area (TPSA) is 70.3 Å². The Kier molecular flexibility index (Phi) is 5.74. The molecule has 0 aliphatic rings. The molecule has 122 valence electrons. The van der Waals surface area contributed by atoms with Crippen molar-refractivity contribution in [1.82, 2.24) is 0 Å². The Hall–Kier alpha value is -1.42. The van der Waals surface area contributed by atoms with Crippen LogP contribution in [-0.4, -0.2) is 20.1 Å². The average Bonchev–Trinajstić information content (AvgIpc) is 2.41. The van der Waals surface area contributed by atoms with Crippen LogP contribution in [-0.2, 0) is 27.8 Å². The first kappa shape index (κ1) is 18.6. The van der Waals surface area contributed by atoms with E-state index in [1.54, 1.807) is 23.9 Å². The summed E-state index contributed by atoms with van der Waals surface area (Å²) in [5.74, 6) is 0. The van der Waals surface area contributed by atoms with Crippen LogP contribution in [0.4, 0.5) is 13.2 Å². The maximum absolute atomic E-state index is 12.5. The third kappa shape index (κ3) is 5.09. The van der Waals surface area contributed by atoms with E-state index >= 15 is 0 Å². The summed E-state index contributed by atoms with van der Waals surface area (Å²) in [4.78, 5) is 0. The first-order valence-electron chi connectivity index (χ1n) is 5.62. The highest BCUT2D eigenvalue weighted by atomic mass is 35.5. The fourth-order valence-electron chi connectivity index (χ4n) is 1.55. The summed E-state index contributed by atoms with van der Waals surface area (Å²) in [5, 5.41) is 1.06. The molecule has 10 heteroatoms. The van der Waals surface area contributed by atoms with E-state index in [0.717, 1.165) is 19.2 Å². The van der Waals surface area contributed by atoms with Gasteiger partial charge in [-0.05, 0) is 12.1 Å². The van der Waals surface area contributed by atoms with Gasteiger partial charge in [0.1, 0.15) is 7.05 Å². The molecule has 0 aliphatic heterocycles. The number of alkyl halides is 3. The van der Waals surface area contributed by atoms with Crippen molar-refractivity contribution in [3.8, 4) is 0 Å². The monoisotopic (exact) mass is 357 g/mol. The fraction of sp³-hybridized carbons (Fsp3) is 0.250. The van der Waals surface area contributed by atoms with E-state index in [1.165, 1.54) is 6.07 Å². The fourth-order valence-corrected chi connectivity index (χ4v) is 1.77. The number of pyridine rings is 1. The van der Waals surface area contributed by atoms with Crippen molar-refractivity contribution in [2.75, 3.05) is 7.11 Å². The van der Waals surface area contributed by atoms with Crippen LogP contribution in [0, 0.1) is 0 Å². The van der Waals surface area contributed by atoms with Crippen molar-refractivity contribution in [1.29, 1.82) is 0 Å². The molecule has 5 nitrogen and oxygen atoms in total. The second kappa shape index (κ2) is 6.78. The van der Waals surface area contributed by atoms with Gasteiger partial charge in [0.15, 0.2) is 6.20 Å². The van der Waals surface area contributed by atoms with Gasteiger partial charge in [-0.1, -0.05) is 11.6 Å². The van der Waals surface area contributed by atoms with Crippen LogP contribution in [0.3, 0.4) is 0 Å². The zero-order valence-electron chi connectivity index (χ0n) is 11.4. The summed E-state index contributed by atoms with van der Waals surface area (Å²) in [6.45, 7) is 0. The molecule has 2 rings (SSSR count). The lowest BCUT2D eigenvalue weighted by Gasteiger charge is -2.06. The SMILES string of the molecule is COS(=O)(=O)[O-].C[n+]1ccc(Cl)c2ccc(C(F)(F)F)cc21. The van der Waals surface area contributed by atoms with Crippen LogP contribution >= 0.6 is 11.6 Å². The minimum atomic E-state index is -4.41. The zero-order chi connectivity index (χ0) is 17.1. The van der Waals surface area contributed by atoms with Crippen molar-refractivity contribution in [2.24, 2.45) is 7.05 Å². The predicted octanol–water partition coefficient (Wildman–Crippen LogP) is 2.43. The molecule has 0 N–H and O–H groups in total. The number of halogens is 4. The van der Waals surface area contributed by atoms with Gasteiger partial charge >= 0.3 is 6.18 Å². The summed E-state index contributed by atoms with van der Waals surface area (Å²) >= 11 is 5.90. The number of benzene rings is 1. The maximum atomic E-state index is 12.5. The lowest BCUT2D eigenvalue weighted by molar-refractivity contribution is -0.644. The molecule has 0 saturated carbocycles. The minimum Gasteiger partial charge on any atom is -0.726 e. The number of aryl methyl sites for hydroxylation is 1. The number of hydrogen-bond acceptors (Lipinski definition) is 4. The molecule has 1 aromatic carbocycles. The van der Waals surface area contributed by atoms with E-state index in [2.05, 4.69) is 4.18 Å². The molecule has 0 saturated heterocycles. The lowest BCUT2D eigenvalue weighted by atomic mass is 10.1. The van der Waals surface area contributed by atoms with E-state index < -0.39 is 22.1 Å². The third-order valence-electron chi connectivity index (χ3n) is 2.61. The minimum absolute atomic E-state index is 0.446. The van der Waals surface area contributed by atoms with E-state index in [-0.39, 0.29) is 0 Å². The van der Waals surface area contributed by atoms with Gasteiger partial charge in [0, 0.05) is 12.1 Å². The molecule has 0 radical (unpaired) electrons. The van der Waals surface area contributed by atoms with Crippen molar-refractivity contribution < 1.29 is 34.9 Å². The normalized spacial score (nSPS) is 12.0. The van der Waals surface area contributed by atoms with Crippen LogP contribution in [0.5, 0.6) is 0 Å². The molecule has 0 fully saturated rings. The number of aromatic nitrogens is 1. The van der Waals surface area contributed by atoms with Crippen LogP contribution in [0.2, 0.25) is 5.02 Å². The molecule has 0 aliphatic carbocycles. The Morgan fingerprint density at radius 2 is 1.82 bits per heavy atom. The van der Waals surface area contributed by atoms with Gasteiger partial charge in [0.2, 0.25) is 15.9 Å². The molecule has 2 aromatic rings. The Morgan fingerprint density at radius 3 is 2.27 bits per heavy atom. The Balaban J connectivity index is 0.000000346. The molecular formula is C12H11ClF3NO4S. The first-order chi connectivity index (χ1) is 9.95. The highest BCUT2D eigenvalue weighted by Gasteiger charge is 2.31. The quantitative estimate of drug-likeness (QED) is 0.446. The Labute approximate surface area is 129 Å². The third-order valence-corrected chi connectivity index (χ3v) is 3.35. The summed E-state index contributed by atoms with van der Waals surface area (Å²) in [7, 11) is -1.92. The predicted molar refractivity (Wildman–Crippen MR) is 71.8 cm³/mol. The molecule has 0 amide bonds. The Bertz CT molecular complexity index is 778. The summed E-state index contributed by atoms with van der Waals surface area (Å²) in [5.41, 5.74) is -0.208. The van der Waals surface area contributed by atoms with Gasteiger partial charge in [-0.3, -0.25) is 4.18 Å². The van der Waals surface area contributed by atoms with Crippen LogP contribution < -0.4 is 4.57 Å². The van der Waals surface area contributed by atoms with Gasteiger partial charge in [-0.15, -0.1) is 0 Å². The van der Waals surface area contributed by atoms with E-state index in [0.29, 0.717) is 15.9 Å². The molecule has 22 heavy (non-hydrogen) atoms. The Morgan fingerprint density at radius 1 is 1.27 bits per heavy atom. The van der Waals surface area contributed by atoms with E-state index in [4.69, 9.17) is 11.6 Å². The van der Waals surface area contributed by atoms with Crippen molar-refractivity contribution in [3.05, 3.63) is 41.0 Å². The number of hydrogen-bond donors (Lipinski definition) is 0. The zero-order valence-corrected chi connectivity index (χ0v) is 13.0. The molecule has 1 heterocycles. The molecule has 0 bridgehead atoms. The molecule has 0 unspecified atom stereocenters. The number of nitrogens with zero attached hydrogens (tertiary/aromatic N) is 1. The number of rotatable bonds is 1. The second-order valence-electron chi connectivity index (χ2n) is 4.08. The van der Waals surface area contributed by atoms with Crippen molar-refractivity contribution in [2.45, 2.75) is 6.18 Å². The lowest BCUT2D eigenvalue weighted by Crippen LogP contribution is -2.28. The molecule has 0 spiro atoms. The largest absolute Gasteiger partial charge is 0.726 e. The summed E-state index contributed by atoms with van der Waals surface area (Å²) in [6.07, 6.45) is -2.70. The van der Waals surface area contributed by atoms with E-state index in [9.17, 15) is 26.1 Å². The second-order valence-corrected chi connectivity index (χ2v) is 5.64. The smallest absolute Gasteiger partial charge is 0.416 e. The van der Waals surface area contributed by atoms with Crippen LogP contribution in [0.15, 0.2) is 30.5 Å². The highest BCUT2D eigenvalue weighted by Crippen LogP contribution is 2.31. The van der Waals surface area contributed by atoms with Crippen molar-refractivity contribution >= 4 is 32.9 Å². The van der Waals surface area contributed by atoms with Gasteiger partial charge in [0.25, 0.3) is 0 Å². The summed E-state index contributed by atoms with van der Waals surface area (Å²) in [6, 6.07) is 5.17. The van der Waals surface area contributed by atoms with Gasteiger partial charge in [0.05, 0.1) is 23.1 Å². The molecule has 0 atom stereocenters. The highest BCUT2D eigenvalue weighted by molar-refractivity contribution is 7.80. The van der Waals surface area contributed by atoms with Crippen LogP contribution in [0.1, 0.15) is 5.56 Å². The van der Waals surface area contributed by atoms with Crippen molar-refractivity contribution in [3.63, 3.8) is 0 Å². The van der Waals surface area contributed by atoms with Gasteiger partial charge in [-0.25, -0.2) is 13.0 Å². The maximum Gasteiger partial charge on any atom is 0.416 e. The molecule has 1 aromatic heterocycles. The molecular weight excluding hydrogens is 347 g/mol. The van der Waals surface area contributed by atoms with Gasteiger partial charge in [-0.2, -0.15) is 13.2 Å². The standard InChI is InChI=1S/C11H8ClF3N.CH4O4S/c1-16-5-4-9(12)8-3-2-7(6-10(8)16)11(13,14)15;1-5-6(2,3)4/h2-6H,1H3;1H3,(H,2,3,4)/q+1;/p-1.